The molecule has 0 N–H and O–H groups in total. The van der Waals surface area contributed by atoms with Crippen molar-refractivity contribution in [3.63, 3.8) is 0 Å². The van der Waals surface area contributed by atoms with Crippen molar-refractivity contribution >= 4 is 23.4 Å². The summed E-state index contributed by atoms with van der Waals surface area (Å²) in [6.07, 6.45) is 5.10. The van der Waals surface area contributed by atoms with Crippen LogP contribution in [0.25, 0.3) is 0 Å². The van der Waals surface area contributed by atoms with Crippen LogP contribution in [0.15, 0.2) is 18.2 Å². The monoisotopic (exact) mass is 350 g/mol. The van der Waals surface area contributed by atoms with Crippen molar-refractivity contribution < 1.29 is 18.7 Å². The third-order valence-corrected chi connectivity index (χ3v) is 5.26. The molecule has 0 aromatic heterocycles. The predicted molar refractivity (Wildman–Crippen MR) is 89.8 cm³/mol. The number of carbonyl (C=O) groups excluding carboxylic acids is 2. The van der Waals surface area contributed by atoms with Gasteiger partial charge in [-0.3, -0.25) is 9.59 Å². The fourth-order valence-corrected chi connectivity index (χ4v) is 3.49. The van der Waals surface area contributed by atoms with E-state index >= 15 is 0 Å². The fourth-order valence-electron chi connectivity index (χ4n) is 3.33. The Hall–Kier alpha value is -1.86. The van der Waals surface area contributed by atoms with Crippen molar-refractivity contribution in [2.75, 3.05) is 0 Å². The van der Waals surface area contributed by atoms with Crippen molar-refractivity contribution in [2.45, 2.75) is 39.7 Å². The van der Waals surface area contributed by atoms with Crippen LogP contribution < -0.4 is 0 Å². The number of hydrogen-bond donors (Lipinski definition) is 0. The van der Waals surface area contributed by atoms with Crippen LogP contribution in [0.2, 0.25) is 5.02 Å². The lowest BCUT2D eigenvalue weighted by atomic mass is 9.53. The number of benzene rings is 1. The van der Waals surface area contributed by atoms with Gasteiger partial charge >= 0.3 is 5.97 Å². The molecule has 1 fully saturated rings. The number of carbonyl (C=O) groups is 2. The Morgan fingerprint density at radius 3 is 2.67 bits per heavy atom. The van der Waals surface area contributed by atoms with Gasteiger partial charge in [0.1, 0.15) is 11.6 Å². The van der Waals surface area contributed by atoms with Gasteiger partial charge in [0.15, 0.2) is 6.10 Å². The van der Waals surface area contributed by atoms with Gasteiger partial charge in [0, 0.05) is 22.9 Å². The van der Waals surface area contributed by atoms with Crippen LogP contribution >= 0.6 is 11.6 Å². The van der Waals surface area contributed by atoms with E-state index in [9.17, 15) is 14.0 Å². The van der Waals surface area contributed by atoms with Crippen molar-refractivity contribution in [1.82, 2.24) is 0 Å². The molecule has 0 saturated heterocycles. The first-order valence-electron chi connectivity index (χ1n) is 7.77. The summed E-state index contributed by atoms with van der Waals surface area (Å²) in [7, 11) is 0. The van der Waals surface area contributed by atoms with Crippen molar-refractivity contribution in [1.29, 1.82) is 0 Å². The number of esters is 1. The van der Waals surface area contributed by atoms with Gasteiger partial charge in [-0.05, 0) is 42.9 Å². The molecule has 24 heavy (non-hydrogen) atoms. The van der Waals surface area contributed by atoms with Gasteiger partial charge in [-0.1, -0.05) is 31.4 Å². The van der Waals surface area contributed by atoms with E-state index in [4.69, 9.17) is 22.8 Å². The Morgan fingerprint density at radius 2 is 2.17 bits per heavy atom. The lowest BCUT2D eigenvalue weighted by molar-refractivity contribution is -0.156. The number of ketones is 1. The maximum atomic E-state index is 13.9. The molecule has 1 aromatic carbocycles. The smallest absolute Gasteiger partial charge is 0.307 e. The van der Waals surface area contributed by atoms with Crippen LogP contribution in [-0.2, 0) is 14.3 Å². The van der Waals surface area contributed by atoms with Crippen molar-refractivity contribution in [2.24, 2.45) is 17.3 Å². The molecule has 0 radical (unpaired) electrons. The minimum Gasteiger partial charge on any atom is -0.444 e. The predicted octanol–water partition coefficient (Wildman–Crippen LogP) is 4.34. The summed E-state index contributed by atoms with van der Waals surface area (Å²) in [6.45, 7) is 5.51. The molecule has 1 saturated carbocycles. The highest BCUT2D eigenvalue weighted by Crippen LogP contribution is 2.53. The molecule has 1 aromatic rings. The number of terminal acetylenes is 1. The minimum absolute atomic E-state index is 0.0348. The zero-order valence-corrected chi connectivity index (χ0v) is 14.7. The third kappa shape index (κ3) is 3.62. The van der Waals surface area contributed by atoms with E-state index in [2.05, 4.69) is 5.92 Å². The number of ether oxygens (including phenoxy) is 1. The summed E-state index contributed by atoms with van der Waals surface area (Å²) in [5, 5.41) is 0.241. The summed E-state index contributed by atoms with van der Waals surface area (Å²) < 4.78 is 19.2. The standard InChI is InChI=1S/C19H20ClFO3/c1-5-17(14-7-6-13(20)10-16(14)21)24-18(23)9-12-8-15(11(2)22)19(12,3)4/h1,6-7,10,12,15,17H,8-9H2,2-4H3/t12-,15+,17?/m1/s1. The highest BCUT2D eigenvalue weighted by molar-refractivity contribution is 6.30. The quantitative estimate of drug-likeness (QED) is 0.586. The summed E-state index contributed by atoms with van der Waals surface area (Å²) in [6, 6.07) is 4.03. The topological polar surface area (TPSA) is 43.4 Å². The van der Waals surface area contributed by atoms with Gasteiger partial charge in [0.25, 0.3) is 0 Å². The number of halogens is 2. The van der Waals surface area contributed by atoms with Crippen LogP contribution in [0.4, 0.5) is 4.39 Å². The van der Waals surface area contributed by atoms with Gasteiger partial charge < -0.3 is 4.74 Å². The molecular weight excluding hydrogens is 331 g/mol. The summed E-state index contributed by atoms with van der Waals surface area (Å²) >= 11 is 5.71. The Labute approximate surface area is 146 Å². The second kappa shape index (κ2) is 6.94. The molecule has 5 heteroatoms. The maximum absolute atomic E-state index is 13.9. The van der Waals surface area contributed by atoms with Crippen LogP contribution in [0.3, 0.4) is 0 Å². The van der Waals surface area contributed by atoms with E-state index in [1.165, 1.54) is 12.1 Å². The highest BCUT2D eigenvalue weighted by Gasteiger charge is 2.50. The van der Waals surface area contributed by atoms with Crippen molar-refractivity contribution in [3.8, 4) is 12.3 Å². The largest absolute Gasteiger partial charge is 0.444 e. The lowest BCUT2D eigenvalue weighted by Gasteiger charge is -2.50. The van der Waals surface area contributed by atoms with E-state index in [-0.39, 0.29) is 40.0 Å². The average molecular weight is 351 g/mol. The molecule has 3 atom stereocenters. The molecule has 3 nitrogen and oxygen atoms in total. The fraction of sp³-hybridized carbons (Fsp3) is 0.474. The molecule has 0 bridgehead atoms. The molecule has 2 rings (SSSR count). The van der Waals surface area contributed by atoms with Gasteiger partial charge in [-0.15, -0.1) is 6.42 Å². The normalized spacial score (nSPS) is 22.8. The van der Waals surface area contributed by atoms with E-state index in [0.29, 0.717) is 6.42 Å². The summed E-state index contributed by atoms with van der Waals surface area (Å²) in [5.41, 5.74) is -0.146. The zero-order chi connectivity index (χ0) is 18.1. The Bertz CT molecular complexity index is 705. The number of rotatable bonds is 5. The van der Waals surface area contributed by atoms with E-state index in [1.807, 2.05) is 13.8 Å². The highest BCUT2D eigenvalue weighted by atomic mass is 35.5. The van der Waals surface area contributed by atoms with E-state index in [1.54, 1.807) is 6.92 Å². The molecule has 0 spiro atoms. The molecule has 0 aliphatic heterocycles. The van der Waals surface area contributed by atoms with Gasteiger partial charge in [0.05, 0.1) is 0 Å². The molecule has 1 unspecified atom stereocenters. The van der Waals surface area contributed by atoms with Gasteiger partial charge in [0.2, 0.25) is 0 Å². The first-order chi connectivity index (χ1) is 11.2. The average Bonchev–Trinajstić information content (AvgIpc) is 2.48. The third-order valence-electron chi connectivity index (χ3n) is 5.02. The molecule has 0 amide bonds. The Morgan fingerprint density at radius 1 is 1.50 bits per heavy atom. The molecule has 1 aliphatic carbocycles. The Kier molecular flexibility index (Phi) is 5.35. The van der Waals surface area contributed by atoms with Crippen LogP contribution in [0, 0.1) is 35.4 Å². The summed E-state index contributed by atoms with van der Waals surface area (Å²) in [5.74, 6) is 1.33. The molecule has 0 heterocycles. The Balaban J connectivity index is 2.01. The lowest BCUT2D eigenvalue weighted by Crippen LogP contribution is -2.49. The first-order valence-corrected chi connectivity index (χ1v) is 8.15. The SMILES string of the molecule is C#CC(OC(=O)C[C@H]1C[C@@H](C(C)=O)C1(C)C)c1ccc(Cl)cc1F. The second-order valence-corrected chi connectivity index (χ2v) is 7.26. The number of hydrogen-bond acceptors (Lipinski definition) is 3. The number of Topliss-reactive ketones (excluding diaryl/α,β-unsaturated/α-hetero) is 1. The maximum Gasteiger partial charge on any atom is 0.307 e. The van der Waals surface area contributed by atoms with Crippen LogP contribution in [0.5, 0.6) is 0 Å². The van der Waals surface area contributed by atoms with Crippen molar-refractivity contribution in [3.05, 3.63) is 34.6 Å². The molecule has 128 valence electrons. The molecular formula is C19H20ClFO3. The van der Waals surface area contributed by atoms with Gasteiger partial charge in [-0.2, -0.15) is 0 Å². The van der Waals surface area contributed by atoms with Crippen LogP contribution in [0.1, 0.15) is 45.3 Å². The van der Waals surface area contributed by atoms with Gasteiger partial charge in [-0.25, -0.2) is 4.39 Å². The molecule has 1 aliphatic rings. The minimum atomic E-state index is -1.10. The summed E-state index contributed by atoms with van der Waals surface area (Å²) in [4.78, 5) is 23.7. The second-order valence-electron chi connectivity index (χ2n) is 6.82. The first kappa shape index (κ1) is 18.5. The zero-order valence-electron chi connectivity index (χ0n) is 13.9. The van der Waals surface area contributed by atoms with E-state index < -0.39 is 17.9 Å². The van der Waals surface area contributed by atoms with Crippen LogP contribution in [-0.4, -0.2) is 11.8 Å². The van der Waals surface area contributed by atoms with E-state index in [0.717, 1.165) is 6.07 Å².